The molecular weight excluding hydrogens is 320 g/mol. The van der Waals surface area contributed by atoms with E-state index in [-0.39, 0.29) is 11.9 Å². The molecule has 1 saturated heterocycles. The lowest BCUT2D eigenvalue weighted by molar-refractivity contribution is -0.133. The lowest BCUT2D eigenvalue weighted by Crippen LogP contribution is -2.36. The first-order chi connectivity index (χ1) is 11.7. The molecular formula is C18H22N4OS. The number of nitrogens with zero attached hydrogens (tertiary/aromatic N) is 4. The summed E-state index contributed by atoms with van der Waals surface area (Å²) in [7, 11) is 2.06. The number of carbonyl (C=O) groups is 1. The molecule has 0 N–H and O–H groups in total. The Morgan fingerprint density at radius 2 is 2.25 bits per heavy atom. The van der Waals surface area contributed by atoms with Gasteiger partial charge >= 0.3 is 0 Å². The fourth-order valence-corrected chi connectivity index (χ4v) is 4.37. The number of carbonyl (C=O) groups excluding carboxylic acids is 1. The highest BCUT2D eigenvalue weighted by Gasteiger charge is 2.28. The second-order valence-corrected chi connectivity index (χ2v) is 7.37. The van der Waals surface area contributed by atoms with E-state index in [1.165, 1.54) is 18.5 Å². The molecule has 0 saturated carbocycles. The van der Waals surface area contributed by atoms with Gasteiger partial charge in [0.25, 0.3) is 0 Å². The zero-order valence-corrected chi connectivity index (χ0v) is 14.7. The Morgan fingerprint density at radius 3 is 3.04 bits per heavy atom. The molecule has 1 aliphatic rings. The molecule has 3 aromatic rings. The molecule has 0 radical (unpaired) electrons. The topological polar surface area (TPSA) is 42.5 Å². The monoisotopic (exact) mass is 342 g/mol. The van der Waals surface area contributed by atoms with E-state index < -0.39 is 0 Å². The van der Waals surface area contributed by atoms with Gasteiger partial charge in [-0.15, -0.1) is 11.3 Å². The Morgan fingerprint density at radius 1 is 1.33 bits per heavy atom. The van der Waals surface area contributed by atoms with E-state index in [1.54, 1.807) is 11.3 Å². The van der Waals surface area contributed by atoms with Crippen molar-refractivity contribution in [3.63, 3.8) is 0 Å². The number of rotatable bonds is 3. The van der Waals surface area contributed by atoms with Crippen LogP contribution in [0.4, 0.5) is 0 Å². The Bertz CT molecular complexity index is 818. The third kappa shape index (κ3) is 2.86. The third-order valence-electron chi connectivity index (χ3n) is 4.87. The molecule has 4 rings (SSSR count). The highest BCUT2D eigenvalue weighted by atomic mass is 32.1. The minimum absolute atomic E-state index is 0.184. The second kappa shape index (κ2) is 6.43. The highest BCUT2D eigenvalue weighted by Crippen LogP contribution is 2.30. The second-order valence-electron chi connectivity index (χ2n) is 6.50. The molecule has 0 spiro atoms. The Hall–Kier alpha value is -2.08. The van der Waals surface area contributed by atoms with Crippen LogP contribution in [0.1, 0.15) is 43.1 Å². The molecule has 6 heteroatoms. The molecule has 0 unspecified atom stereocenters. The van der Waals surface area contributed by atoms with Crippen LogP contribution in [0.15, 0.2) is 36.1 Å². The highest BCUT2D eigenvalue weighted by molar-refractivity contribution is 7.15. The summed E-state index contributed by atoms with van der Waals surface area (Å²) in [6.07, 6.45) is 10.9. The van der Waals surface area contributed by atoms with Gasteiger partial charge in [0.05, 0.1) is 18.2 Å². The maximum atomic E-state index is 13.0. The van der Waals surface area contributed by atoms with Crippen LogP contribution in [0.2, 0.25) is 0 Å². The van der Waals surface area contributed by atoms with Crippen LogP contribution in [0.25, 0.3) is 4.96 Å². The lowest BCUT2D eigenvalue weighted by Gasteiger charge is -2.30. The van der Waals surface area contributed by atoms with Crippen molar-refractivity contribution in [3.8, 4) is 0 Å². The van der Waals surface area contributed by atoms with E-state index in [9.17, 15) is 4.79 Å². The van der Waals surface area contributed by atoms with Crippen molar-refractivity contribution in [3.05, 3.63) is 47.5 Å². The number of hydrogen-bond acceptors (Lipinski definition) is 3. The summed E-state index contributed by atoms with van der Waals surface area (Å²) in [5.74, 6) is 0.189. The number of aromatic nitrogens is 3. The fourth-order valence-electron chi connectivity index (χ4n) is 3.65. The lowest BCUT2D eigenvalue weighted by atomic mass is 10.1. The van der Waals surface area contributed by atoms with Crippen molar-refractivity contribution in [2.45, 2.75) is 38.1 Å². The number of amides is 1. The van der Waals surface area contributed by atoms with Gasteiger partial charge in [-0.25, -0.2) is 4.98 Å². The standard InChI is InChI=1S/C18H22N4OS/c1-20-8-5-7-15(20)16-6-3-2-4-9-22(16)17(23)12-14-13-21-10-11-24-18(21)19-14/h5,7-8,10-11,13,16H,2-4,6,9,12H2,1H3/t16-/m1/s1. The number of likely N-dealkylation sites (tertiary alicyclic amines) is 1. The molecule has 3 aromatic heterocycles. The van der Waals surface area contributed by atoms with Crippen molar-refractivity contribution >= 4 is 22.2 Å². The molecule has 1 atom stereocenters. The zero-order valence-electron chi connectivity index (χ0n) is 13.9. The van der Waals surface area contributed by atoms with Gasteiger partial charge in [-0.2, -0.15) is 0 Å². The molecule has 4 heterocycles. The van der Waals surface area contributed by atoms with E-state index in [1.807, 2.05) is 22.2 Å². The molecule has 1 fully saturated rings. The maximum absolute atomic E-state index is 13.0. The molecule has 126 valence electrons. The van der Waals surface area contributed by atoms with Crippen molar-refractivity contribution in [2.24, 2.45) is 7.05 Å². The van der Waals surface area contributed by atoms with Crippen molar-refractivity contribution in [1.29, 1.82) is 0 Å². The van der Waals surface area contributed by atoms with Gasteiger partial charge in [0.15, 0.2) is 4.96 Å². The van der Waals surface area contributed by atoms with Crippen molar-refractivity contribution in [2.75, 3.05) is 6.54 Å². The summed E-state index contributed by atoms with van der Waals surface area (Å²) >= 11 is 1.60. The molecule has 1 amide bonds. The molecule has 0 aliphatic carbocycles. The van der Waals surface area contributed by atoms with Gasteiger partial charge in [0.1, 0.15) is 0 Å². The molecule has 5 nitrogen and oxygen atoms in total. The van der Waals surface area contributed by atoms with E-state index >= 15 is 0 Å². The van der Waals surface area contributed by atoms with Crippen LogP contribution >= 0.6 is 11.3 Å². The van der Waals surface area contributed by atoms with E-state index in [0.717, 1.165) is 30.0 Å². The molecule has 24 heavy (non-hydrogen) atoms. The number of aryl methyl sites for hydroxylation is 1. The minimum atomic E-state index is 0.184. The third-order valence-corrected chi connectivity index (χ3v) is 5.64. The fraction of sp³-hybridized carbons (Fsp3) is 0.444. The van der Waals surface area contributed by atoms with E-state index in [0.29, 0.717) is 6.42 Å². The van der Waals surface area contributed by atoms with Crippen molar-refractivity contribution < 1.29 is 4.79 Å². The van der Waals surface area contributed by atoms with Crippen LogP contribution in [-0.4, -0.2) is 31.3 Å². The Kier molecular flexibility index (Phi) is 4.14. The Labute approximate surface area is 145 Å². The molecule has 1 aliphatic heterocycles. The number of imidazole rings is 1. The van der Waals surface area contributed by atoms with Gasteiger partial charge < -0.3 is 9.47 Å². The first kappa shape index (κ1) is 15.4. The molecule has 0 aromatic carbocycles. The van der Waals surface area contributed by atoms with Gasteiger partial charge in [0.2, 0.25) is 5.91 Å². The summed E-state index contributed by atoms with van der Waals surface area (Å²) in [5, 5.41) is 2.01. The summed E-state index contributed by atoms with van der Waals surface area (Å²) in [6.45, 7) is 0.844. The van der Waals surface area contributed by atoms with E-state index in [4.69, 9.17) is 0 Å². The summed E-state index contributed by atoms with van der Waals surface area (Å²) in [4.78, 5) is 20.6. The molecule has 0 bridgehead atoms. The maximum Gasteiger partial charge on any atom is 0.229 e. The Balaban J connectivity index is 1.57. The van der Waals surface area contributed by atoms with Crippen LogP contribution in [0.5, 0.6) is 0 Å². The SMILES string of the molecule is Cn1cccc1[C@H]1CCCCCN1C(=O)Cc1cn2ccsc2n1. The van der Waals surface area contributed by atoms with Gasteiger partial charge in [0, 0.05) is 43.3 Å². The summed E-state index contributed by atoms with van der Waals surface area (Å²) < 4.78 is 4.13. The van der Waals surface area contributed by atoms with Crippen LogP contribution in [0.3, 0.4) is 0 Å². The first-order valence-corrected chi connectivity index (χ1v) is 9.42. The average Bonchev–Trinajstić information content (AvgIpc) is 3.20. The summed E-state index contributed by atoms with van der Waals surface area (Å²) in [5.41, 5.74) is 2.10. The first-order valence-electron chi connectivity index (χ1n) is 8.54. The van der Waals surface area contributed by atoms with Crippen molar-refractivity contribution in [1.82, 2.24) is 18.9 Å². The number of hydrogen-bond donors (Lipinski definition) is 0. The normalized spacial score (nSPS) is 18.9. The van der Waals surface area contributed by atoms with Crippen LogP contribution in [-0.2, 0) is 18.3 Å². The average molecular weight is 342 g/mol. The predicted octanol–water partition coefficient (Wildman–Crippen LogP) is 3.42. The smallest absolute Gasteiger partial charge is 0.229 e. The van der Waals surface area contributed by atoms with E-state index in [2.05, 4.69) is 39.8 Å². The van der Waals surface area contributed by atoms with Gasteiger partial charge in [-0.05, 0) is 25.0 Å². The van der Waals surface area contributed by atoms with Gasteiger partial charge in [-0.3, -0.25) is 9.20 Å². The minimum Gasteiger partial charge on any atom is -0.353 e. The van der Waals surface area contributed by atoms with Crippen LogP contribution in [0, 0.1) is 0 Å². The number of thiazole rings is 1. The zero-order chi connectivity index (χ0) is 16.5. The number of fused-ring (bicyclic) bond motifs is 1. The quantitative estimate of drug-likeness (QED) is 0.732. The van der Waals surface area contributed by atoms with Crippen LogP contribution < -0.4 is 0 Å². The predicted molar refractivity (Wildman–Crippen MR) is 95.1 cm³/mol. The largest absolute Gasteiger partial charge is 0.353 e. The summed E-state index contributed by atoms with van der Waals surface area (Å²) in [6, 6.07) is 4.39. The van der Waals surface area contributed by atoms with Gasteiger partial charge in [-0.1, -0.05) is 12.8 Å².